The van der Waals surface area contributed by atoms with Crippen molar-refractivity contribution in [2.75, 3.05) is 4.90 Å². The SMILES string of the molecule is c1ccc2c(c1)Oc1ccccc1N2c1ccc2c(c1)[Si]1(c3ccccc3Oc3ccccc31)c1ccccc1-2. The van der Waals surface area contributed by atoms with Gasteiger partial charge in [-0.2, -0.15) is 0 Å². The predicted molar refractivity (Wildman–Crippen MR) is 164 cm³/mol. The number of hydrogen-bond acceptors (Lipinski definition) is 3. The van der Waals surface area contributed by atoms with Gasteiger partial charge in [0, 0.05) is 5.69 Å². The highest BCUT2D eigenvalue weighted by Gasteiger charge is 2.53. The maximum absolute atomic E-state index is 6.54. The summed E-state index contributed by atoms with van der Waals surface area (Å²) in [6.07, 6.45) is 0. The van der Waals surface area contributed by atoms with E-state index in [2.05, 4.69) is 120 Å². The third-order valence-corrected chi connectivity index (χ3v) is 13.4. The fraction of sp³-hybridized carbons (Fsp3) is 0. The van der Waals surface area contributed by atoms with Crippen LogP contribution in [0.3, 0.4) is 0 Å². The van der Waals surface area contributed by atoms with E-state index in [-0.39, 0.29) is 0 Å². The second kappa shape index (κ2) is 7.98. The minimum absolute atomic E-state index is 0.860. The predicted octanol–water partition coefficient (Wildman–Crippen LogP) is 6.73. The van der Waals surface area contributed by atoms with Crippen LogP contribution in [0.1, 0.15) is 0 Å². The lowest BCUT2D eigenvalue weighted by Crippen LogP contribution is -2.74. The van der Waals surface area contributed by atoms with E-state index >= 15 is 0 Å². The minimum Gasteiger partial charge on any atom is -0.458 e. The minimum atomic E-state index is -2.66. The summed E-state index contributed by atoms with van der Waals surface area (Å²) in [4.78, 5) is 2.34. The van der Waals surface area contributed by atoms with Crippen LogP contribution in [-0.4, -0.2) is 8.07 Å². The Balaban J connectivity index is 1.38. The average molecular weight is 530 g/mol. The number of fused-ring (bicyclic) bond motifs is 11. The molecule has 9 rings (SSSR count). The molecule has 0 saturated carbocycles. The van der Waals surface area contributed by atoms with Gasteiger partial charge in [0.25, 0.3) is 0 Å². The van der Waals surface area contributed by atoms with Gasteiger partial charge < -0.3 is 14.4 Å². The molecule has 4 heteroatoms. The van der Waals surface area contributed by atoms with Gasteiger partial charge in [-0.3, -0.25) is 0 Å². The first kappa shape index (κ1) is 21.8. The molecule has 0 saturated heterocycles. The van der Waals surface area contributed by atoms with E-state index in [1.165, 1.54) is 31.9 Å². The molecule has 3 aliphatic heterocycles. The van der Waals surface area contributed by atoms with Crippen molar-refractivity contribution in [3.8, 4) is 34.1 Å². The Bertz CT molecular complexity index is 1910. The molecule has 0 aromatic heterocycles. The van der Waals surface area contributed by atoms with Gasteiger partial charge in [0.1, 0.15) is 11.5 Å². The average Bonchev–Trinajstić information content (AvgIpc) is 3.30. The van der Waals surface area contributed by atoms with Crippen LogP contribution in [0.25, 0.3) is 11.1 Å². The van der Waals surface area contributed by atoms with Crippen molar-refractivity contribution in [3.05, 3.63) is 140 Å². The second-order valence-corrected chi connectivity index (χ2v) is 14.1. The number of para-hydroxylation sites is 6. The first-order valence-corrected chi connectivity index (χ1v) is 15.6. The van der Waals surface area contributed by atoms with Crippen LogP contribution in [0.2, 0.25) is 0 Å². The highest BCUT2D eigenvalue weighted by Crippen LogP contribution is 2.50. The Labute approximate surface area is 233 Å². The standard InChI is InChI=1S/C36H23NO2Si/c1-8-18-33-25(11-1)26-22-21-24(37-27-12-2-4-14-29(27)38-30-15-5-3-13-28(30)37)23-36(26)40(33)34-19-9-6-16-31(34)39-32-17-7-10-20-35(32)40/h1-23H. The Morgan fingerprint density at radius 3 is 1.52 bits per heavy atom. The molecule has 6 aromatic rings. The van der Waals surface area contributed by atoms with Gasteiger partial charge in [-0.15, -0.1) is 0 Å². The summed E-state index contributed by atoms with van der Waals surface area (Å²) in [6.45, 7) is 0. The first-order valence-electron chi connectivity index (χ1n) is 13.6. The monoisotopic (exact) mass is 529 g/mol. The molecule has 188 valence electrons. The molecule has 0 fully saturated rings. The number of nitrogens with zero attached hydrogens (tertiary/aromatic N) is 1. The number of benzene rings is 6. The van der Waals surface area contributed by atoms with Crippen molar-refractivity contribution >= 4 is 45.9 Å². The smallest absolute Gasteiger partial charge is 0.189 e. The summed E-state index contributed by atoms with van der Waals surface area (Å²) < 4.78 is 12.9. The fourth-order valence-electron chi connectivity index (χ4n) is 6.96. The number of rotatable bonds is 1. The first-order chi connectivity index (χ1) is 19.8. The van der Waals surface area contributed by atoms with Crippen LogP contribution in [0.4, 0.5) is 17.1 Å². The molecule has 0 N–H and O–H groups in total. The van der Waals surface area contributed by atoms with Crippen molar-refractivity contribution in [3.63, 3.8) is 0 Å². The molecule has 6 aromatic carbocycles. The van der Waals surface area contributed by atoms with E-state index in [0.717, 1.165) is 40.1 Å². The molecule has 3 heterocycles. The molecule has 3 nitrogen and oxygen atoms in total. The normalized spacial score (nSPS) is 14.6. The topological polar surface area (TPSA) is 21.7 Å². The lowest BCUT2D eigenvalue weighted by molar-refractivity contribution is 0.477. The lowest BCUT2D eigenvalue weighted by Gasteiger charge is -2.38. The molecule has 0 bridgehead atoms. The zero-order valence-corrected chi connectivity index (χ0v) is 22.5. The van der Waals surface area contributed by atoms with Crippen LogP contribution in [0.15, 0.2) is 140 Å². The maximum Gasteiger partial charge on any atom is 0.189 e. The van der Waals surface area contributed by atoms with Crippen molar-refractivity contribution in [2.45, 2.75) is 0 Å². The van der Waals surface area contributed by atoms with Crippen LogP contribution in [0.5, 0.6) is 23.0 Å². The fourth-order valence-corrected chi connectivity index (χ4v) is 12.4. The molecule has 0 radical (unpaired) electrons. The van der Waals surface area contributed by atoms with Gasteiger partial charge in [0.2, 0.25) is 0 Å². The molecule has 40 heavy (non-hydrogen) atoms. The summed E-state index contributed by atoms with van der Waals surface area (Å²) in [5.74, 6) is 3.64. The zero-order chi connectivity index (χ0) is 26.3. The van der Waals surface area contributed by atoms with E-state index in [9.17, 15) is 0 Å². The summed E-state index contributed by atoms with van der Waals surface area (Å²) in [5, 5.41) is 5.43. The lowest BCUT2D eigenvalue weighted by atomic mass is 10.0. The van der Waals surface area contributed by atoms with Gasteiger partial charge in [-0.1, -0.05) is 91.0 Å². The van der Waals surface area contributed by atoms with E-state index < -0.39 is 8.07 Å². The van der Waals surface area contributed by atoms with Crippen LogP contribution in [-0.2, 0) is 0 Å². The highest BCUT2D eigenvalue weighted by molar-refractivity contribution is 7.23. The van der Waals surface area contributed by atoms with Gasteiger partial charge in [-0.05, 0) is 80.4 Å². The van der Waals surface area contributed by atoms with Crippen LogP contribution >= 0.6 is 0 Å². The molecule has 1 spiro atoms. The summed E-state index contributed by atoms with van der Waals surface area (Å²) in [7, 11) is -2.66. The summed E-state index contributed by atoms with van der Waals surface area (Å²) in [6, 6.07) is 49.9. The summed E-state index contributed by atoms with van der Waals surface area (Å²) in [5.41, 5.74) is 5.85. The zero-order valence-electron chi connectivity index (χ0n) is 21.5. The third kappa shape index (κ3) is 2.73. The van der Waals surface area contributed by atoms with Crippen LogP contribution in [0, 0.1) is 0 Å². The van der Waals surface area contributed by atoms with Gasteiger partial charge >= 0.3 is 0 Å². The number of ether oxygens (including phenoxy) is 2. The third-order valence-electron chi connectivity index (χ3n) is 8.52. The number of hydrogen-bond donors (Lipinski definition) is 0. The molecule has 0 aliphatic carbocycles. The van der Waals surface area contributed by atoms with Gasteiger partial charge in [-0.25, -0.2) is 0 Å². The van der Waals surface area contributed by atoms with Gasteiger partial charge in [0.15, 0.2) is 19.6 Å². The van der Waals surface area contributed by atoms with Crippen molar-refractivity contribution in [1.82, 2.24) is 0 Å². The molecule has 0 amide bonds. The molecular formula is C36H23NO2Si. The van der Waals surface area contributed by atoms with Gasteiger partial charge in [0.05, 0.1) is 11.4 Å². The van der Waals surface area contributed by atoms with Crippen molar-refractivity contribution in [2.24, 2.45) is 0 Å². The number of anilines is 3. The molecule has 0 atom stereocenters. The second-order valence-electron chi connectivity index (χ2n) is 10.5. The maximum atomic E-state index is 6.54. The largest absolute Gasteiger partial charge is 0.458 e. The highest BCUT2D eigenvalue weighted by atomic mass is 28.3. The van der Waals surface area contributed by atoms with Crippen LogP contribution < -0.4 is 35.1 Å². The van der Waals surface area contributed by atoms with E-state index in [1.807, 2.05) is 24.3 Å². The van der Waals surface area contributed by atoms with Crippen molar-refractivity contribution < 1.29 is 9.47 Å². The van der Waals surface area contributed by atoms with E-state index in [4.69, 9.17) is 9.47 Å². The van der Waals surface area contributed by atoms with E-state index in [0.29, 0.717) is 0 Å². The van der Waals surface area contributed by atoms with Crippen molar-refractivity contribution in [1.29, 1.82) is 0 Å². The van der Waals surface area contributed by atoms with E-state index in [1.54, 1.807) is 0 Å². The summed E-state index contributed by atoms with van der Waals surface area (Å²) >= 11 is 0. The quantitative estimate of drug-likeness (QED) is 0.220. The Morgan fingerprint density at radius 1 is 0.400 bits per heavy atom. The Morgan fingerprint density at radius 2 is 0.875 bits per heavy atom. The molecular weight excluding hydrogens is 506 g/mol. The molecule has 0 unspecified atom stereocenters. The molecule has 3 aliphatic rings. The Kier molecular flexibility index (Phi) is 4.35. The Hall–Kier alpha value is -5.06.